The molecule has 0 atom stereocenters. The molecule has 0 amide bonds. The first-order valence-corrected chi connectivity index (χ1v) is 8.26. The molecule has 0 unspecified atom stereocenters. The van der Waals surface area contributed by atoms with Crippen LogP contribution >= 0.6 is 11.6 Å². The SMILES string of the molecule is COc1ccccc1S(=O)(=O)NCC#Cc1cccc(Cl)c1. The number of benzene rings is 2. The van der Waals surface area contributed by atoms with Crippen LogP contribution in [0.2, 0.25) is 5.02 Å². The summed E-state index contributed by atoms with van der Waals surface area (Å²) in [6.45, 7) is -0.00705. The highest BCUT2D eigenvalue weighted by molar-refractivity contribution is 7.89. The number of methoxy groups -OCH3 is 1. The number of sulfonamides is 1. The van der Waals surface area contributed by atoms with E-state index in [0.29, 0.717) is 5.02 Å². The number of hydrogen-bond acceptors (Lipinski definition) is 3. The minimum atomic E-state index is -3.67. The third kappa shape index (κ3) is 4.25. The molecule has 0 saturated carbocycles. The number of hydrogen-bond donors (Lipinski definition) is 1. The molecule has 1 N–H and O–H groups in total. The Morgan fingerprint density at radius 2 is 1.95 bits per heavy atom. The molecule has 0 aliphatic rings. The van der Waals surface area contributed by atoms with Crippen LogP contribution in [0, 0.1) is 11.8 Å². The molecule has 6 heteroatoms. The van der Waals surface area contributed by atoms with E-state index in [-0.39, 0.29) is 17.2 Å². The Morgan fingerprint density at radius 1 is 1.18 bits per heavy atom. The molecule has 2 aromatic rings. The number of rotatable bonds is 4. The molecule has 0 aliphatic carbocycles. The Kier molecular flexibility index (Phi) is 5.45. The van der Waals surface area contributed by atoms with Crippen LogP contribution in [0.15, 0.2) is 53.4 Å². The maximum atomic E-state index is 12.2. The highest BCUT2D eigenvalue weighted by Crippen LogP contribution is 2.22. The smallest absolute Gasteiger partial charge is 0.245 e. The Bertz CT molecular complexity index is 823. The van der Waals surface area contributed by atoms with Gasteiger partial charge in [0, 0.05) is 10.6 Å². The minimum Gasteiger partial charge on any atom is -0.495 e. The summed E-state index contributed by atoms with van der Waals surface area (Å²) in [4.78, 5) is 0.0852. The average molecular weight is 336 g/mol. The first kappa shape index (κ1) is 16.4. The van der Waals surface area contributed by atoms with Crippen LogP contribution in [0.3, 0.4) is 0 Å². The van der Waals surface area contributed by atoms with Crippen LogP contribution in [0.5, 0.6) is 5.75 Å². The highest BCUT2D eigenvalue weighted by Gasteiger charge is 2.17. The van der Waals surface area contributed by atoms with E-state index in [1.165, 1.54) is 13.2 Å². The molecule has 2 aromatic carbocycles. The van der Waals surface area contributed by atoms with Gasteiger partial charge in [-0.3, -0.25) is 0 Å². The van der Waals surface area contributed by atoms with Crippen LogP contribution in [0.25, 0.3) is 0 Å². The Morgan fingerprint density at radius 3 is 2.68 bits per heavy atom. The Hall–Kier alpha value is -2.00. The lowest BCUT2D eigenvalue weighted by molar-refractivity contribution is 0.402. The molecule has 114 valence electrons. The second-order valence-electron chi connectivity index (χ2n) is 4.29. The van der Waals surface area contributed by atoms with Gasteiger partial charge >= 0.3 is 0 Å². The zero-order chi connectivity index (χ0) is 16.0. The van der Waals surface area contributed by atoms with E-state index >= 15 is 0 Å². The predicted octanol–water partition coefficient (Wildman–Crippen LogP) is 2.68. The molecule has 0 spiro atoms. The summed E-state index contributed by atoms with van der Waals surface area (Å²) in [5.41, 5.74) is 0.726. The van der Waals surface area contributed by atoms with E-state index in [9.17, 15) is 8.42 Å². The van der Waals surface area contributed by atoms with Gasteiger partial charge in [0.1, 0.15) is 10.6 Å². The molecule has 2 rings (SSSR count). The summed E-state index contributed by atoms with van der Waals surface area (Å²) in [6.07, 6.45) is 0. The van der Waals surface area contributed by atoms with Gasteiger partial charge in [-0.15, -0.1) is 0 Å². The van der Waals surface area contributed by atoms with Crippen molar-refractivity contribution in [2.45, 2.75) is 4.90 Å². The Balaban J connectivity index is 2.08. The zero-order valence-corrected chi connectivity index (χ0v) is 13.4. The molecule has 0 fully saturated rings. The number of halogens is 1. The summed E-state index contributed by atoms with van der Waals surface area (Å²) in [6, 6.07) is 13.4. The van der Waals surface area contributed by atoms with E-state index in [2.05, 4.69) is 16.6 Å². The van der Waals surface area contributed by atoms with Crippen LogP contribution in [0.1, 0.15) is 5.56 Å². The van der Waals surface area contributed by atoms with E-state index in [1.807, 2.05) is 0 Å². The van der Waals surface area contributed by atoms with Crippen LogP contribution in [-0.2, 0) is 10.0 Å². The molecule has 4 nitrogen and oxygen atoms in total. The molecular formula is C16H14ClNO3S. The van der Waals surface area contributed by atoms with Crippen molar-refractivity contribution >= 4 is 21.6 Å². The van der Waals surface area contributed by atoms with Gasteiger partial charge in [-0.25, -0.2) is 8.42 Å². The van der Waals surface area contributed by atoms with Crippen molar-refractivity contribution in [2.75, 3.05) is 13.7 Å². The minimum absolute atomic E-state index is 0.00705. The fraction of sp³-hybridized carbons (Fsp3) is 0.125. The van der Waals surface area contributed by atoms with Gasteiger partial charge in [0.15, 0.2) is 0 Å². The van der Waals surface area contributed by atoms with Gasteiger partial charge in [0.2, 0.25) is 10.0 Å². The van der Waals surface area contributed by atoms with E-state index < -0.39 is 10.0 Å². The highest BCUT2D eigenvalue weighted by atomic mass is 35.5. The third-order valence-corrected chi connectivity index (χ3v) is 4.44. The normalized spacial score (nSPS) is 10.6. The van der Waals surface area contributed by atoms with Gasteiger partial charge in [-0.1, -0.05) is 41.6 Å². The summed E-state index contributed by atoms with van der Waals surface area (Å²) in [7, 11) is -2.25. The second-order valence-corrected chi connectivity index (χ2v) is 6.46. The predicted molar refractivity (Wildman–Crippen MR) is 86.5 cm³/mol. The van der Waals surface area contributed by atoms with Crippen LogP contribution in [-0.4, -0.2) is 22.1 Å². The fourth-order valence-electron chi connectivity index (χ4n) is 1.76. The van der Waals surface area contributed by atoms with Crippen molar-refractivity contribution in [1.82, 2.24) is 4.72 Å². The lowest BCUT2D eigenvalue weighted by Gasteiger charge is -2.08. The summed E-state index contributed by atoms with van der Waals surface area (Å²) < 4.78 is 31.9. The van der Waals surface area contributed by atoms with Crippen molar-refractivity contribution in [3.8, 4) is 17.6 Å². The third-order valence-electron chi connectivity index (χ3n) is 2.77. The zero-order valence-electron chi connectivity index (χ0n) is 11.8. The Labute approximate surface area is 135 Å². The topological polar surface area (TPSA) is 55.4 Å². The summed E-state index contributed by atoms with van der Waals surface area (Å²) in [5.74, 6) is 5.89. The van der Waals surface area contributed by atoms with E-state index in [1.54, 1.807) is 42.5 Å². The molecule has 0 saturated heterocycles. The summed E-state index contributed by atoms with van der Waals surface area (Å²) in [5, 5.41) is 0.585. The molecular weight excluding hydrogens is 322 g/mol. The molecule has 0 aliphatic heterocycles. The van der Waals surface area contributed by atoms with Crippen molar-refractivity contribution in [3.05, 3.63) is 59.1 Å². The molecule has 22 heavy (non-hydrogen) atoms. The van der Waals surface area contributed by atoms with Crippen LogP contribution in [0.4, 0.5) is 0 Å². The van der Waals surface area contributed by atoms with E-state index in [0.717, 1.165) is 5.56 Å². The number of para-hydroxylation sites is 1. The standard InChI is InChI=1S/C16H14ClNO3S/c1-21-15-9-2-3-10-16(15)22(19,20)18-11-5-7-13-6-4-8-14(17)12-13/h2-4,6,8-10,12,18H,11H2,1H3. The maximum Gasteiger partial charge on any atom is 0.245 e. The maximum absolute atomic E-state index is 12.2. The molecule has 0 aromatic heterocycles. The monoisotopic (exact) mass is 335 g/mol. The van der Waals surface area contributed by atoms with Gasteiger partial charge in [-0.05, 0) is 30.3 Å². The second kappa shape index (κ2) is 7.32. The number of nitrogens with one attached hydrogen (secondary N) is 1. The molecule has 0 heterocycles. The van der Waals surface area contributed by atoms with Gasteiger partial charge in [-0.2, -0.15) is 4.72 Å². The van der Waals surface area contributed by atoms with Crippen molar-refractivity contribution < 1.29 is 13.2 Å². The first-order chi connectivity index (χ1) is 10.5. The lowest BCUT2D eigenvalue weighted by Crippen LogP contribution is -2.24. The van der Waals surface area contributed by atoms with Crippen molar-refractivity contribution in [2.24, 2.45) is 0 Å². The quantitative estimate of drug-likeness (QED) is 0.874. The van der Waals surface area contributed by atoms with E-state index in [4.69, 9.17) is 16.3 Å². The lowest BCUT2D eigenvalue weighted by atomic mass is 10.2. The molecule has 0 bridgehead atoms. The fourth-order valence-corrected chi connectivity index (χ4v) is 3.04. The molecule has 0 radical (unpaired) electrons. The van der Waals surface area contributed by atoms with Gasteiger partial charge in [0.05, 0.1) is 13.7 Å². The number of ether oxygens (including phenoxy) is 1. The average Bonchev–Trinajstić information content (AvgIpc) is 2.51. The van der Waals surface area contributed by atoms with Crippen molar-refractivity contribution in [1.29, 1.82) is 0 Å². The largest absolute Gasteiger partial charge is 0.495 e. The van der Waals surface area contributed by atoms with Gasteiger partial charge < -0.3 is 4.74 Å². The van der Waals surface area contributed by atoms with Gasteiger partial charge in [0.25, 0.3) is 0 Å². The summed E-state index contributed by atoms with van der Waals surface area (Å²) >= 11 is 5.85. The van der Waals surface area contributed by atoms with Crippen LogP contribution < -0.4 is 9.46 Å². The first-order valence-electron chi connectivity index (χ1n) is 6.40. The van der Waals surface area contributed by atoms with Crippen molar-refractivity contribution in [3.63, 3.8) is 0 Å².